The lowest BCUT2D eigenvalue weighted by Crippen LogP contribution is -2.37. The molecule has 0 spiro atoms. The molecule has 0 radical (unpaired) electrons. The molecule has 1 unspecified atom stereocenters. The van der Waals surface area contributed by atoms with E-state index >= 15 is 0 Å². The Morgan fingerprint density at radius 2 is 2.17 bits per heavy atom. The molecule has 0 fully saturated rings. The van der Waals surface area contributed by atoms with E-state index in [1.807, 2.05) is 44.2 Å². The van der Waals surface area contributed by atoms with Crippen LogP contribution in [0.5, 0.6) is 11.5 Å². The maximum absolute atomic E-state index is 11.8. The number of amides is 1. The van der Waals surface area contributed by atoms with Crippen LogP contribution in [-0.2, 0) is 4.79 Å². The molecule has 6 heteroatoms. The van der Waals surface area contributed by atoms with Crippen molar-refractivity contribution in [3.63, 3.8) is 0 Å². The maximum Gasteiger partial charge on any atom is 0.263 e. The highest BCUT2D eigenvalue weighted by molar-refractivity contribution is 5.97. The van der Waals surface area contributed by atoms with Crippen molar-refractivity contribution in [1.29, 1.82) is 5.26 Å². The van der Waals surface area contributed by atoms with E-state index in [1.54, 1.807) is 0 Å². The number of para-hydroxylation sites is 2. The first-order valence-electron chi connectivity index (χ1n) is 7.60. The highest BCUT2D eigenvalue weighted by Crippen LogP contribution is 2.30. The third kappa shape index (κ3) is 4.92. The molecule has 1 atom stereocenters. The summed E-state index contributed by atoms with van der Waals surface area (Å²) in [5.41, 5.74) is 0.0442. The number of benzene rings is 1. The minimum atomic E-state index is -0.375. The molecule has 1 aliphatic rings. The Kier molecular flexibility index (Phi) is 5.87. The molecular weight excluding hydrogens is 294 g/mol. The fourth-order valence-electron chi connectivity index (χ4n) is 2.00. The number of fused-ring (bicyclic) bond motifs is 1. The van der Waals surface area contributed by atoms with Gasteiger partial charge in [-0.1, -0.05) is 26.0 Å². The highest BCUT2D eigenvalue weighted by atomic mass is 16.6. The second-order valence-corrected chi connectivity index (χ2v) is 5.68. The van der Waals surface area contributed by atoms with Crippen molar-refractivity contribution in [2.45, 2.75) is 20.0 Å². The summed E-state index contributed by atoms with van der Waals surface area (Å²) in [6.07, 6.45) is 1.24. The fourth-order valence-corrected chi connectivity index (χ4v) is 2.00. The van der Waals surface area contributed by atoms with Crippen molar-refractivity contribution in [2.24, 2.45) is 5.92 Å². The first kappa shape index (κ1) is 16.7. The molecule has 1 amide bonds. The summed E-state index contributed by atoms with van der Waals surface area (Å²) in [5, 5.41) is 14.7. The number of carbonyl (C=O) groups is 1. The van der Waals surface area contributed by atoms with Crippen molar-refractivity contribution >= 4 is 5.91 Å². The minimum Gasteiger partial charge on any atom is -0.486 e. The summed E-state index contributed by atoms with van der Waals surface area (Å²) in [6, 6.07) is 9.36. The van der Waals surface area contributed by atoms with Gasteiger partial charge in [-0.2, -0.15) is 5.26 Å². The van der Waals surface area contributed by atoms with Crippen LogP contribution < -0.4 is 20.1 Å². The number of hydrogen-bond donors (Lipinski definition) is 2. The van der Waals surface area contributed by atoms with Crippen LogP contribution >= 0.6 is 0 Å². The standard InChI is InChI=1S/C17H21N3O3/c1-12(2)8-20-17(21)13(7-18)9-19-10-14-11-22-15-5-3-4-6-16(15)23-14/h3-6,9,12,14,19H,8,10-11H2,1-2H3,(H,20,21)/b13-9-. The van der Waals surface area contributed by atoms with E-state index in [2.05, 4.69) is 10.6 Å². The monoisotopic (exact) mass is 315 g/mol. The normalized spacial score (nSPS) is 16.6. The first-order chi connectivity index (χ1) is 11.1. The van der Waals surface area contributed by atoms with Gasteiger partial charge in [0.2, 0.25) is 0 Å². The largest absolute Gasteiger partial charge is 0.486 e. The second kappa shape index (κ2) is 8.08. The van der Waals surface area contributed by atoms with Crippen molar-refractivity contribution in [3.8, 4) is 17.6 Å². The number of nitrogens with one attached hydrogen (secondary N) is 2. The molecule has 0 bridgehead atoms. The zero-order chi connectivity index (χ0) is 16.7. The second-order valence-electron chi connectivity index (χ2n) is 5.68. The van der Waals surface area contributed by atoms with Gasteiger partial charge in [0.05, 0.1) is 6.54 Å². The number of hydrogen-bond acceptors (Lipinski definition) is 5. The van der Waals surface area contributed by atoms with Crippen LogP contribution in [0.1, 0.15) is 13.8 Å². The van der Waals surface area contributed by atoms with E-state index in [-0.39, 0.29) is 17.6 Å². The van der Waals surface area contributed by atoms with Crippen LogP contribution in [0.25, 0.3) is 0 Å². The smallest absolute Gasteiger partial charge is 0.263 e. The predicted molar refractivity (Wildman–Crippen MR) is 85.9 cm³/mol. The Labute approximate surface area is 136 Å². The zero-order valence-corrected chi connectivity index (χ0v) is 13.3. The van der Waals surface area contributed by atoms with Gasteiger partial charge in [-0.3, -0.25) is 4.79 Å². The van der Waals surface area contributed by atoms with E-state index in [9.17, 15) is 4.79 Å². The van der Waals surface area contributed by atoms with Crippen LogP contribution in [-0.4, -0.2) is 31.7 Å². The number of nitrogens with zero attached hydrogens (tertiary/aromatic N) is 1. The van der Waals surface area contributed by atoms with E-state index in [0.29, 0.717) is 31.4 Å². The molecule has 122 valence electrons. The van der Waals surface area contributed by atoms with Crippen LogP contribution in [0.2, 0.25) is 0 Å². The average Bonchev–Trinajstić information content (AvgIpc) is 2.56. The molecule has 0 aromatic heterocycles. The molecule has 0 aliphatic carbocycles. The van der Waals surface area contributed by atoms with Gasteiger partial charge in [0.1, 0.15) is 24.4 Å². The van der Waals surface area contributed by atoms with E-state index in [4.69, 9.17) is 14.7 Å². The molecule has 1 heterocycles. The molecule has 0 saturated heterocycles. The van der Waals surface area contributed by atoms with Crippen LogP contribution in [0, 0.1) is 17.2 Å². The highest BCUT2D eigenvalue weighted by Gasteiger charge is 2.20. The Morgan fingerprint density at radius 1 is 1.43 bits per heavy atom. The van der Waals surface area contributed by atoms with Gasteiger partial charge in [-0.25, -0.2) is 0 Å². The summed E-state index contributed by atoms with van der Waals surface area (Å²) in [4.78, 5) is 11.8. The van der Waals surface area contributed by atoms with E-state index in [0.717, 1.165) is 5.75 Å². The van der Waals surface area contributed by atoms with Gasteiger partial charge in [-0.15, -0.1) is 0 Å². The Balaban J connectivity index is 1.83. The molecule has 1 aromatic carbocycles. The van der Waals surface area contributed by atoms with E-state index < -0.39 is 0 Å². The fraction of sp³-hybridized carbons (Fsp3) is 0.412. The van der Waals surface area contributed by atoms with Gasteiger partial charge in [0.25, 0.3) is 5.91 Å². The lowest BCUT2D eigenvalue weighted by molar-refractivity contribution is -0.117. The van der Waals surface area contributed by atoms with Gasteiger partial charge in [-0.05, 0) is 18.1 Å². The average molecular weight is 315 g/mol. The predicted octanol–water partition coefficient (Wildman–Crippen LogP) is 1.60. The zero-order valence-electron chi connectivity index (χ0n) is 13.3. The molecular formula is C17H21N3O3. The third-order valence-corrected chi connectivity index (χ3v) is 3.20. The molecule has 0 saturated carbocycles. The number of carbonyl (C=O) groups excluding carboxylic acids is 1. The summed E-state index contributed by atoms with van der Waals surface area (Å²) in [5.74, 6) is 1.38. The van der Waals surface area contributed by atoms with Crippen molar-refractivity contribution in [2.75, 3.05) is 19.7 Å². The molecule has 23 heavy (non-hydrogen) atoms. The maximum atomic E-state index is 11.8. The Bertz CT molecular complexity index is 620. The molecule has 6 nitrogen and oxygen atoms in total. The molecule has 2 N–H and O–H groups in total. The molecule has 1 aliphatic heterocycles. The summed E-state index contributed by atoms with van der Waals surface area (Å²) in [7, 11) is 0. The summed E-state index contributed by atoms with van der Waals surface area (Å²) < 4.78 is 11.4. The Hall–Kier alpha value is -2.68. The van der Waals surface area contributed by atoms with Crippen LogP contribution in [0.4, 0.5) is 0 Å². The minimum absolute atomic E-state index is 0.0442. The van der Waals surface area contributed by atoms with Gasteiger partial charge in [0, 0.05) is 12.7 Å². The van der Waals surface area contributed by atoms with Crippen molar-refractivity contribution < 1.29 is 14.3 Å². The van der Waals surface area contributed by atoms with Gasteiger partial charge in [0.15, 0.2) is 11.5 Å². The van der Waals surface area contributed by atoms with Crippen LogP contribution in [0.15, 0.2) is 36.0 Å². The molecule has 1 aromatic rings. The number of rotatable bonds is 6. The first-order valence-corrected chi connectivity index (χ1v) is 7.60. The van der Waals surface area contributed by atoms with Crippen LogP contribution in [0.3, 0.4) is 0 Å². The topological polar surface area (TPSA) is 83.4 Å². The lowest BCUT2D eigenvalue weighted by atomic mass is 10.2. The van der Waals surface area contributed by atoms with Crippen molar-refractivity contribution in [1.82, 2.24) is 10.6 Å². The SMILES string of the molecule is CC(C)CNC(=O)/C(C#N)=C\NCC1COc2ccccc2O1. The van der Waals surface area contributed by atoms with E-state index in [1.165, 1.54) is 6.20 Å². The Morgan fingerprint density at radius 3 is 2.87 bits per heavy atom. The lowest BCUT2D eigenvalue weighted by Gasteiger charge is -2.26. The van der Waals surface area contributed by atoms with Crippen molar-refractivity contribution in [3.05, 3.63) is 36.0 Å². The van der Waals surface area contributed by atoms with Gasteiger partial charge < -0.3 is 20.1 Å². The third-order valence-electron chi connectivity index (χ3n) is 3.20. The molecule has 2 rings (SSSR count). The summed E-state index contributed by atoms with van der Waals surface area (Å²) in [6.45, 7) is 5.38. The summed E-state index contributed by atoms with van der Waals surface area (Å²) >= 11 is 0. The number of ether oxygens (including phenoxy) is 2. The number of nitriles is 1. The quantitative estimate of drug-likeness (QED) is 0.615. The van der Waals surface area contributed by atoms with Gasteiger partial charge >= 0.3 is 0 Å².